The molecule has 3 rings (SSSR count). The number of carbonyl (C=O) groups excluding carboxylic acids is 2. The maximum Gasteiger partial charge on any atom is 0.341 e. The van der Waals surface area contributed by atoms with Crippen LogP contribution in [0.3, 0.4) is 0 Å². The number of thiophene rings is 1. The molecule has 1 N–H and O–H groups in total. The molecule has 0 aliphatic heterocycles. The molecule has 0 spiro atoms. The van der Waals surface area contributed by atoms with E-state index in [1.54, 1.807) is 26.0 Å². The highest BCUT2D eigenvalue weighted by molar-refractivity contribution is 7.17. The van der Waals surface area contributed by atoms with Gasteiger partial charge in [-0.3, -0.25) is 14.9 Å². The smallest absolute Gasteiger partial charge is 0.341 e. The van der Waals surface area contributed by atoms with Crippen molar-refractivity contribution in [3.8, 4) is 0 Å². The van der Waals surface area contributed by atoms with E-state index in [1.807, 2.05) is 0 Å². The molecule has 2 aromatic rings. The number of anilines is 1. The molecule has 7 nitrogen and oxygen atoms in total. The van der Waals surface area contributed by atoms with E-state index in [0.717, 1.165) is 36.1 Å². The van der Waals surface area contributed by atoms with Crippen molar-refractivity contribution in [2.45, 2.75) is 45.6 Å². The van der Waals surface area contributed by atoms with E-state index < -0.39 is 16.8 Å². The van der Waals surface area contributed by atoms with Crippen molar-refractivity contribution < 1.29 is 19.2 Å². The molecule has 0 saturated heterocycles. The zero-order chi connectivity index (χ0) is 21.0. The summed E-state index contributed by atoms with van der Waals surface area (Å²) in [7, 11) is 0. The second-order valence-corrected chi connectivity index (χ2v) is 8.15. The highest BCUT2D eigenvalue weighted by Crippen LogP contribution is 2.38. The summed E-state index contributed by atoms with van der Waals surface area (Å²) in [5.41, 5.74) is 1.93. The SMILES string of the molecule is CC(C)OC(=O)c1c(NC(=O)/C=C/c2cccc([N+](=O)[O-])c2)sc2c1CCCC2. The number of carbonyl (C=O) groups is 2. The summed E-state index contributed by atoms with van der Waals surface area (Å²) in [6.07, 6.45) is 6.31. The number of aryl methyl sites for hydroxylation is 1. The predicted octanol–water partition coefficient (Wildman–Crippen LogP) is 4.75. The maximum absolute atomic E-state index is 12.6. The Morgan fingerprint density at radius 1 is 1.28 bits per heavy atom. The quantitative estimate of drug-likeness (QED) is 0.318. The summed E-state index contributed by atoms with van der Waals surface area (Å²) in [5.74, 6) is -0.828. The molecule has 0 atom stereocenters. The Hall–Kier alpha value is -3.00. The third-order valence-corrected chi connectivity index (χ3v) is 5.67. The van der Waals surface area contributed by atoms with Crippen molar-refractivity contribution in [2.75, 3.05) is 5.32 Å². The second kappa shape index (κ2) is 9.00. The standard InChI is InChI=1S/C21H22N2O5S/c1-13(2)28-21(25)19-16-8-3-4-9-17(16)29-20(19)22-18(24)11-10-14-6-5-7-15(12-14)23(26)27/h5-7,10-13H,3-4,8-9H2,1-2H3,(H,22,24)/b11-10+. The van der Waals surface area contributed by atoms with Crippen LogP contribution in [0.5, 0.6) is 0 Å². The molecule has 1 heterocycles. The Balaban J connectivity index is 1.81. The third kappa shape index (κ3) is 5.08. The van der Waals surface area contributed by atoms with Gasteiger partial charge < -0.3 is 10.1 Å². The van der Waals surface area contributed by atoms with Gasteiger partial charge in [0.2, 0.25) is 5.91 Å². The highest BCUT2D eigenvalue weighted by atomic mass is 32.1. The first-order valence-corrected chi connectivity index (χ1v) is 10.3. The van der Waals surface area contributed by atoms with Crippen LogP contribution in [-0.2, 0) is 22.4 Å². The van der Waals surface area contributed by atoms with Crippen molar-refractivity contribution >= 4 is 40.0 Å². The number of hydrogen-bond donors (Lipinski definition) is 1. The lowest BCUT2D eigenvalue weighted by Gasteiger charge is -2.14. The van der Waals surface area contributed by atoms with Crippen LogP contribution < -0.4 is 5.32 Å². The molecule has 1 aliphatic carbocycles. The van der Waals surface area contributed by atoms with Gasteiger partial charge in [0.15, 0.2) is 0 Å². The number of fused-ring (bicyclic) bond motifs is 1. The number of nitro groups is 1. The van der Waals surface area contributed by atoms with Gasteiger partial charge in [0.05, 0.1) is 16.6 Å². The van der Waals surface area contributed by atoms with Crippen molar-refractivity contribution in [3.05, 3.63) is 62.0 Å². The summed E-state index contributed by atoms with van der Waals surface area (Å²) >= 11 is 1.42. The first-order chi connectivity index (χ1) is 13.8. The minimum absolute atomic E-state index is 0.0443. The molecule has 29 heavy (non-hydrogen) atoms. The topological polar surface area (TPSA) is 98.5 Å². The van der Waals surface area contributed by atoms with Crippen LogP contribution in [0.25, 0.3) is 6.08 Å². The van der Waals surface area contributed by atoms with Gasteiger partial charge in [0.25, 0.3) is 5.69 Å². The van der Waals surface area contributed by atoms with Gasteiger partial charge in [-0.2, -0.15) is 0 Å². The molecule has 1 amide bonds. The normalized spacial score (nSPS) is 13.3. The lowest BCUT2D eigenvalue weighted by Crippen LogP contribution is -2.17. The van der Waals surface area contributed by atoms with E-state index in [0.29, 0.717) is 16.1 Å². The average Bonchev–Trinajstić information content (AvgIpc) is 3.03. The molecular weight excluding hydrogens is 392 g/mol. The number of nitrogens with zero attached hydrogens (tertiary/aromatic N) is 1. The third-order valence-electron chi connectivity index (χ3n) is 4.46. The number of esters is 1. The van der Waals surface area contributed by atoms with E-state index in [2.05, 4.69) is 5.32 Å². The zero-order valence-corrected chi connectivity index (χ0v) is 17.1. The number of ether oxygens (including phenoxy) is 1. The van der Waals surface area contributed by atoms with Gasteiger partial charge in [-0.15, -0.1) is 11.3 Å². The van der Waals surface area contributed by atoms with Crippen molar-refractivity contribution in [2.24, 2.45) is 0 Å². The zero-order valence-electron chi connectivity index (χ0n) is 16.3. The van der Waals surface area contributed by atoms with E-state index in [1.165, 1.54) is 35.6 Å². The van der Waals surface area contributed by atoms with Gasteiger partial charge in [0, 0.05) is 23.1 Å². The van der Waals surface area contributed by atoms with Crippen molar-refractivity contribution in [1.29, 1.82) is 0 Å². The molecule has 0 saturated carbocycles. The molecule has 0 fully saturated rings. The summed E-state index contributed by atoms with van der Waals surface area (Å²) < 4.78 is 5.38. The number of hydrogen-bond acceptors (Lipinski definition) is 6. The fourth-order valence-electron chi connectivity index (χ4n) is 3.21. The van der Waals surface area contributed by atoms with Gasteiger partial charge in [-0.25, -0.2) is 4.79 Å². The molecule has 1 aromatic carbocycles. The molecule has 1 aliphatic rings. The van der Waals surface area contributed by atoms with E-state index in [4.69, 9.17) is 4.74 Å². The fourth-order valence-corrected chi connectivity index (χ4v) is 4.49. The van der Waals surface area contributed by atoms with Crippen LogP contribution in [-0.4, -0.2) is 22.9 Å². The molecule has 8 heteroatoms. The van der Waals surface area contributed by atoms with E-state index in [-0.39, 0.29) is 11.8 Å². The summed E-state index contributed by atoms with van der Waals surface area (Å²) in [4.78, 5) is 36.6. The Labute approximate surface area is 172 Å². The van der Waals surface area contributed by atoms with Gasteiger partial charge >= 0.3 is 5.97 Å². The van der Waals surface area contributed by atoms with Gasteiger partial charge in [0.1, 0.15) is 5.00 Å². The van der Waals surface area contributed by atoms with Crippen LogP contribution in [0.15, 0.2) is 30.3 Å². The largest absolute Gasteiger partial charge is 0.459 e. The monoisotopic (exact) mass is 414 g/mol. The molecule has 152 valence electrons. The number of amides is 1. The Kier molecular flexibility index (Phi) is 6.43. The fraction of sp³-hybridized carbons (Fsp3) is 0.333. The Morgan fingerprint density at radius 2 is 2.03 bits per heavy atom. The number of nitro benzene ring substituents is 1. The maximum atomic E-state index is 12.6. The molecule has 1 aromatic heterocycles. The van der Waals surface area contributed by atoms with E-state index in [9.17, 15) is 19.7 Å². The number of benzene rings is 1. The van der Waals surface area contributed by atoms with Crippen molar-refractivity contribution in [1.82, 2.24) is 0 Å². The van der Waals surface area contributed by atoms with Crippen LogP contribution in [0.4, 0.5) is 10.7 Å². The summed E-state index contributed by atoms with van der Waals surface area (Å²) in [6.45, 7) is 3.58. The second-order valence-electron chi connectivity index (χ2n) is 7.04. The minimum Gasteiger partial charge on any atom is -0.459 e. The molecule has 0 unspecified atom stereocenters. The van der Waals surface area contributed by atoms with Crippen LogP contribution in [0.1, 0.15) is 53.1 Å². The summed E-state index contributed by atoms with van der Waals surface area (Å²) in [6, 6.07) is 6.01. The lowest BCUT2D eigenvalue weighted by atomic mass is 9.95. The number of nitrogens with one attached hydrogen (secondary N) is 1. The highest BCUT2D eigenvalue weighted by Gasteiger charge is 2.27. The predicted molar refractivity (Wildman–Crippen MR) is 112 cm³/mol. The first kappa shape index (κ1) is 20.7. The number of non-ortho nitro benzene ring substituents is 1. The van der Waals surface area contributed by atoms with Gasteiger partial charge in [-0.1, -0.05) is 12.1 Å². The van der Waals surface area contributed by atoms with Crippen LogP contribution in [0, 0.1) is 10.1 Å². The number of rotatable bonds is 6. The minimum atomic E-state index is -0.486. The average molecular weight is 414 g/mol. The van der Waals surface area contributed by atoms with E-state index >= 15 is 0 Å². The van der Waals surface area contributed by atoms with Gasteiger partial charge in [-0.05, 0) is 56.7 Å². The van der Waals surface area contributed by atoms with Crippen LogP contribution in [0.2, 0.25) is 0 Å². The lowest BCUT2D eigenvalue weighted by molar-refractivity contribution is -0.384. The molecule has 0 bridgehead atoms. The van der Waals surface area contributed by atoms with Crippen molar-refractivity contribution in [3.63, 3.8) is 0 Å². The molecular formula is C21H22N2O5S. The molecule has 0 radical (unpaired) electrons. The Morgan fingerprint density at radius 3 is 2.76 bits per heavy atom. The first-order valence-electron chi connectivity index (χ1n) is 9.44. The van der Waals surface area contributed by atoms with Crippen LogP contribution >= 0.6 is 11.3 Å². The summed E-state index contributed by atoms with van der Waals surface area (Å²) in [5, 5.41) is 14.2. The Bertz CT molecular complexity index is 977.